The molecule has 0 aromatic heterocycles. The number of aliphatic hydroxyl groups excluding tert-OH is 1. The summed E-state index contributed by atoms with van der Waals surface area (Å²) < 4.78 is 16.2. The zero-order chi connectivity index (χ0) is 16.2. The van der Waals surface area contributed by atoms with Crippen molar-refractivity contribution in [3.63, 3.8) is 0 Å². The zero-order valence-corrected chi connectivity index (χ0v) is 13.3. The van der Waals surface area contributed by atoms with Crippen LogP contribution in [0, 0.1) is 0 Å². The molecular formula is C16H22N2O5. The summed E-state index contributed by atoms with van der Waals surface area (Å²) in [5, 5.41) is 9.42. The lowest BCUT2D eigenvalue weighted by Gasteiger charge is -2.33. The van der Waals surface area contributed by atoms with Crippen LogP contribution in [0.15, 0.2) is 12.1 Å². The van der Waals surface area contributed by atoms with Gasteiger partial charge in [0.1, 0.15) is 0 Å². The van der Waals surface area contributed by atoms with Crippen molar-refractivity contribution in [2.75, 3.05) is 58.0 Å². The number of amides is 1. The molecule has 126 valence electrons. The van der Waals surface area contributed by atoms with Crippen molar-refractivity contribution in [2.24, 2.45) is 0 Å². The number of rotatable bonds is 5. The van der Waals surface area contributed by atoms with Crippen LogP contribution in [0.25, 0.3) is 0 Å². The molecule has 7 heteroatoms. The van der Waals surface area contributed by atoms with Crippen molar-refractivity contribution in [2.45, 2.75) is 6.61 Å². The van der Waals surface area contributed by atoms with E-state index in [2.05, 4.69) is 4.90 Å². The second-order valence-electron chi connectivity index (χ2n) is 5.59. The number of nitrogens with zero attached hydrogens (tertiary/aromatic N) is 2. The monoisotopic (exact) mass is 322 g/mol. The van der Waals surface area contributed by atoms with Gasteiger partial charge in [0.25, 0.3) is 5.91 Å². The van der Waals surface area contributed by atoms with E-state index in [9.17, 15) is 9.90 Å². The van der Waals surface area contributed by atoms with E-state index >= 15 is 0 Å². The minimum atomic E-state index is -0.116. The Kier molecular flexibility index (Phi) is 5.00. The maximum atomic E-state index is 12.3. The van der Waals surface area contributed by atoms with E-state index in [0.717, 1.165) is 32.8 Å². The lowest BCUT2D eigenvalue weighted by atomic mass is 10.1. The largest absolute Gasteiger partial charge is 0.493 e. The van der Waals surface area contributed by atoms with Gasteiger partial charge in [0, 0.05) is 26.2 Å². The van der Waals surface area contributed by atoms with Gasteiger partial charge in [-0.2, -0.15) is 0 Å². The molecule has 0 atom stereocenters. The number of hydrogen-bond donors (Lipinski definition) is 1. The van der Waals surface area contributed by atoms with E-state index in [1.54, 1.807) is 24.1 Å². The molecule has 2 heterocycles. The number of ether oxygens (including phenoxy) is 3. The van der Waals surface area contributed by atoms with E-state index in [0.29, 0.717) is 29.3 Å². The molecule has 0 radical (unpaired) electrons. The van der Waals surface area contributed by atoms with E-state index in [1.807, 2.05) is 0 Å². The summed E-state index contributed by atoms with van der Waals surface area (Å²) in [5.41, 5.74) is 1.35. The van der Waals surface area contributed by atoms with Crippen LogP contribution in [0.3, 0.4) is 0 Å². The van der Waals surface area contributed by atoms with Crippen LogP contribution in [-0.4, -0.2) is 69.0 Å². The second-order valence-corrected chi connectivity index (χ2v) is 5.59. The normalized spacial score (nSPS) is 18.5. The predicted octanol–water partition coefficient (Wildman–Crippen LogP) is 0.245. The van der Waals surface area contributed by atoms with Gasteiger partial charge in [-0.05, 0) is 17.7 Å². The van der Waals surface area contributed by atoms with Crippen molar-refractivity contribution in [3.8, 4) is 11.5 Å². The van der Waals surface area contributed by atoms with Crippen LogP contribution in [-0.2, 0) is 16.1 Å². The first kappa shape index (κ1) is 16.0. The highest BCUT2D eigenvalue weighted by molar-refractivity contribution is 5.98. The minimum absolute atomic E-state index is 0.00490. The Morgan fingerprint density at radius 2 is 2.04 bits per heavy atom. The van der Waals surface area contributed by atoms with Gasteiger partial charge >= 0.3 is 0 Å². The van der Waals surface area contributed by atoms with Gasteiger partial charge < -0.3 is 24.2 Å². The van der Waals surface area contributed by atoms with Crippen molar-refractivity contribution in [3.05, 3.63) is 17.7 Å². The number of morpholine rings is 1. The van der Waals surface area contributed by atoms with Crippen LogP contribution >= 0.6 is 0 Å². The molecule has 7 nitrogen and oxygen atoms in total. The molecule has 1 N–H and O–H groups in total. The Balaban J connectivity index is 1.81. The maximum Gasteiger partial charge on any atom is 0.265 e. The molecule has 0 saturated carbocycles. The molecule has 0 aliphatic carbocycles. The van der Waals surface area contributed by atoms with Crippen molar-refractivity contribution < 1.29 is 24.1 Å². The Labute approximate surface area is 135 Å². The predicted molar refractivity (Wildman–Crippen MR) is 84.0 cm³/mol. The van der Waals surface area contributed by atoms with Crippen molar-refractivity contribution in [1.82, 2.24) is 4.90 Å². The third kappa shape index (κ3) is 3.41. The Morgan fingerprint density at radius 1 is 1.26 bits per heavy atom. The molecule has 0 bridgehead atoms. The Hall–Kier alpha value is -1.83. The summed E-state index contributed by atoms with van der Waals surface area (Å²) in [6, 6.07) is 3.52. The summed E-state index contributed by atoms with van der Waals surface area (Å²) >= 11 is 0. The van der Waals surface area contributed by atoms with Gasteiger partial charge in [-0.3, -0.25) is 9.69 Å². The average molecular weight is 322 g/mol. The number of carbonyl (C=O) groups is 1. The number of carbonyl (C=O) groups excluding carboxylic acids is 1. The molecule has 2 aliphatic heterocycles. The molecule has 2 aliphatic rings. The summed E-state index contributed by atoms with van der Waals surface area (Å²) in [7, 11) is 1.55. The number of methoxy groups -OCH3 is 1. The fourth-order valence-electron chi connectivity index (χ4n) is 2.89. The SMILES string of the molecule is COc1cc(CO)cc2c1OCC(=O)N2CCN1CCOCC1. The van der Waals surface area contributed by atoms with Crippen LogP contribution < -0.4 is 14.4 Å². The highest BCUT2D eigenvalue weighted by Gasteiger charge is 2.29. The van der Waals surface area contributed by atoms with E-state index in [4.69, 9.17) is 14.2 Å². The number of aliphatic hydroxyl groups is 1. The zero-order valence-electron chi connectivity index (χ0n) is 13.3. The summed E-state index contributed by atoms with van der Waals surface area (Å²) in [4.78, 5) is 16.3. The molecule has 1 saturated heterocycles. The molecular weight excluding hydrogens is 300 g/mol. The summed E-state index contributed by atoms with van der Waals surface area (Å²) in [5.74, 6) is 1.02. The standard InChI is InChI=1S/C16H22N2O5/c1-21-14-9-12(10-19)8-13-16(14)23-11-15(20)18(13)3-2-17-4-6-22-7-5-17/h8-9,19H,2-7,10-11H2,1H3. The third-order valence-electron chi connectivity index (χ3n) is 4.17. The molecule has 1 aromatic rings. The fourth-order valence-corrected chi connectivity index (χ4v) is 2.89. The molecule has 1 amide bonds. The van der Waals surface area contributed by atoms with Gasteiger partial charge in [-0.25, -0.2) is 0 Å². The molecule has 3 rings (SSSR count). The molecule has 23 heavy (non-hydrogen) atoms. The highest BCUT2D eigenvalue weighted by Crippen LogP contribution is 2.41. The number of fused-ring (bicyclic) bond motifs is 1. The smallest absolute Gasteiger partial charge is 0.265 e. The first-order chi connectivity index (χ1) is 11.2. The first-order valence-corrected chi connectivity index (χ1v) is 7.78. The van der Waals surface area contributed by atoms with E-state index in [1.165, 1.54) is 0 Å². The Bertz CT molecular complexity index is 572. The van der Waals surface area contributed by atoms with Crippen LogP contribution in [0.1, 0.15) is 5.56 Å². The Morgan fingerprint density at radius 3 is 2.74 bits per heavy atom. The van der Waals surface area contributed by atoms with Crippen LogP contribution in [0.2, 0.25) is 0 Å². The summed E-state index contributed by atoms with van der Waals surface area (Å²) in [6.07, 6.45) is 0. The topological polar surface area (TPSA) is 71.5 Å². The van der Waals surface area contributed by atoms with E-state index < -0.39 is 0 Å². The molecule has 0 spiro atoms. The van der Waals surface area contributed by atoms with Crippen molar-refractivity contribution >= 4 is 11.6 Å². The van der Waals surface area contributed by atoms with E-state index in [-0.39, 0.29) is 19.1 Å². The maximum absolute atomic E-state index is 12.3. The van der Waals surface area contributed by atoms with Gasteiger partial charge in [0.15, 0.2) is 18.1 Å². The van der Waals surface area contributed by atoms with Gasteiger partial charge in [0.2, 0.25) is 0 Å². The van der Waals surface area contributed by atoms with Gasteiger partial charge in [0.05, 0.1) is 32.6 Å². The van der Waals surface area contributed by atoms with Crippen LogP contribution in [0.4, 0.5) is 5.69 Å². The third-order valence-corrected chi connectivity index (χ3v) is 4.17. The fraction of sp³-hybridized carbons (Fsp3) is 0.562. The number of benzene rings is 1. The lowest BCUT2D eigenvalue weighted by molar-refractivity contribution is -0.121. The minimum Gasteiger partial charge on any atom is -0.493 e. The van der Waals surface area contributed by atoms with Crippen molar-refractivity contribution in [1.29, 1.82) is 0 Å². The lowest BCUT2D eigenvalue weighted by Crippen LogP contribution is -2.46. The number of hydrogen-bond acceptors (Lipinski definition) is 6. The second kappa shape index (κ2) is 7.16. The molecule has 1 aromatic carbocycles. The van der Waals surface area contributed by atoms with Gasteiger partial charge in [-0.15, -0.1) is 0 Å². The quantitative estimate of drug-likeness (QED) is 0.838. The molecule has 1 fully saturated rings. The summed E-state index contributed by atoms with van der Waals surface area (Å²) in [6.45, 7) is 4.47. The van der Waals surface area contributed by atoms with Gasteiger partial charge in [-0.1, -0.05) is 0 Å². The number of anilines is 1. The van der Waals surface area contributed by atoms with Crippen LogP contribution in [0.5, 0.6) is 11.5 Å². The highest BCUT2D eigenvalue weighted by atomic mass is 16.5. The first-order valence-electron chi connectivity index (χ1n) is 7.78. The molecule has 0 unspecified atom stereocenters. The average Bonchev–Trinajstić information content (AvgIpc) is 2.60.